The van der Waals surface area contributed by atoms with Crippen molar-refractivity contribution in [2.75, 3.05) is 9.80 Å². The van der Waals surface area contributed by atoms with Gasteiger partial charge in [-0.25, -0.2) is 4.98 Å². The van der Waals surface area contributed by atoms with Crippen LogP contribution in [-0.4, -0.2) is 14.5 Å². The molecule has 0 bridgehead atoms. The Morgan fingerprint density at radius 1 is 0.607 bits per heavy atom. The second-order valence-electron chi connectivity index (χ2n) is 16.2. The number of para-hydroxylation sites is 2. The standard InChI is InChI=1S/C49H42N5O.Pt/c1-48(2,3)34-19-21-39(33-13-8-7-9-14-33)45(27-34)53-32-52(43-17-10-11-18-44(43)53)36-15-12-16-37(29-36)55-38-20-22-40-41-31-50-25-24-42(41)54(46(40)30-38)47-28-35(23-26-51-47)49(4,5)6;/h7-28,31-32H,1-6H3;/q-3;. The van der Waals surface area contributed by atoms with Crippen LogP contribution in [0.1, 0.15) is 52.7 Å². The summed E-state index contributed by atoms with van der Waals surface area (Å²) in [5.41, 5.74) is 10.8. The number of rotatable bonds is 6. The van der Waals surface area contributed by atoms with Gasteiger partial charge in [0, 0.05) is 79.3 Å². The first-order valence-electron chi connectivity index (χ1n) is 18.7. The molecule has 0 spiro atoms. The molecule has 0 saturated heterocycles. The summed E-state index contributed by atoms with van der Waals surface area (Å²) in [6.45, 7) is 15.6. The van der Waals surface area contributed by atoms with Crippen LogP contribution in [0.5, 0.6) is 11.5 Å². The van der Waals surface area contributed by atoms with Crippen molar-refractivity contribution in [3.05, 3.63) is 170 Å². The van der Waals surface area contributed by atoms with Gasteiger partial charge in [-0.1, -0.05) is 102 Å². The molecule has 0 unspecified atom stereocenters. The van der Waals surface area contributed by atoms with Crippen LogP contribution in [-0.2, 0) is 31.9 Å². The van der Waals surface area contributed by atoms with Gasteiger partial charge in [0.05, 0.1) is 0 Å². The van der Waals surface area contributed by atoms with Gasteiger partial charge < -0.3 is 19.1 Å². The molecule has 56 heavy (non-hydrogen) atoms. The molecule has 7 heteroatoms. The number of pyridine rings is 2. The average molecular weight is 912 g/mol. The summed E-state index contributed by atoms with van der Waals surface area (Å²) in [5.74, 6) is 2.01. The van der Waals surface area contributed by atoms with Crippen LogP contribution >= 0.6 is 0 Å². The van der Waals surface area contributed by atoms with Crippen molar-refractivity contribution in [2.24, 2.45) is 0 Å². The van der Waals surface area contributed by atoms with E-state index in [2.05, 4.69) is 177 Å². The third-order valence-electron chi connectivity index (χ3n) is 10.4. The van der Waals surface area contributed by atoms with E-state index >= 15 is 0 Å². The van der Waals surface area contributed by atoms with E-state index in [1.165, 1.54) is 22.3 Å². The van der Waals surface area contributed by atoms with Gasteiger partial charge in [-0.15, -0.1) is 48.1 Å². The summed E-state index contributed by atoms with van der Waals surface area (Å²) >= 11 is 0. The number of anilines is 4. The zero-order valence-electron chi connectivity index (χ0n) is 32.3. The normalized spacial score (nSPS) is 12.9. The molecule has 5 aromatic carbocycles. The van der Waals surface area contributed by atoms with Crippen molar-refractivity contribution in [3.8, 4) is 28.4 Å². The number of fused-ring (bicyclic) bond motifs is 4. The Morgan fingerprint density at radius 3 is 2.09 bits per heavy atom. The molecular weight excluding hydrogens is 870 g/mol. The van der Waals surface area contributed by atoms with Crippen molar-refractivity contribution in [3.63, 3.8) is 0 Å². The Labute approximate surface area is 343 Å². The minimum atomic E-state index is -0.0260. The average Bonchev–Trinajstić information content (AvgIpc) is 3.74. The zero-order chi connectivity index (χ0) is 37.9. The number of hydrogen-bond donors (Lipinski definition) is 0. The second kappa shape index (κ2) is 14.4. The van der Waals surface area contributed by atoms with Crippen molar-refractivity contribution in [1.82, 2.24) is 14.5 Å². The quantitative estimate of drug-likeness (QED) is 0.156. The van der Waals surface area contributed by atoms with E-state index in [4.69, 9.17) is 9.72 Å². The topological polar surface area (TPSA) is 46.4 Å². The fourth-order valence-electron chi connectivity index (χ4n) is 7.38. The molecule has 0 fully saturated rings. The first-order valence-corrected chi connectivity index (χ1v) is 18.7. The monoisotopic (exact) mass is 911 g/mol. The Balaban J connectivity index is 0.00000441. The maximum atomic E-state index is 6.57. The van der Waals surface area contributed by atoms with E-state index in [0.29, 0.717) is 11.5 Å². The molecule has 1 aliphatic heterocycles. The van der Waals surface area contributed by atoms with Crippen LogP contribution in [0.2, 0.25) is 0 Å². The zero-order valence-corrected chi connectivity index (χ0v) is 34.6. The van der Waals surface area contributed by atoms with Crippen LogP contribution < -0.4 is 14.5 Å². The molecule has 1 aliphatic rings. The molecule has 0 aliphatic carbocycles. The predicted molar refractivity (Wildman–Crippen MR) is 225 cm³/mol. The van der Waals surface area contributed by atoms with Gasteiger partial charge in [-0.2, -0.15) is 12.1 Å². The van der Waals surface area contributed by atoms with E-state index in [-0.39, 0.29) is 31.9 Å². The third kappa shape index (κ3) is 6.77. The molecule has 0 radical (unpaired) electrons. The third-order valence-corrected chi connectivity index (χ3v) is 10.4. The van der Waals surface area contributed by atoms with Crippen LogP contribution in [0.15, 0.2) is 140 Å². The maximum absolute atomic E-state index is 6.57. The van der Waals surface area contributed by atoms with Crippen molar-refractivity contribution in [1.29, 1.82) is 0 Å². The van der Waals surface area contributed by atoms with E-state index in [1.54, 1.807) is 0 Å². The minimum absolute atomic E-state index is 0. The first-order chi connectivity index (χ1) is 26.5. The SMILES string of the molecule is CC(C)(C)c1ccnc(-n2c3[c-]c(Oc4[c-]c(N5[CH-]N(c6cc(C(C)(C)C)ccc6-c6ccccc6)c6ccccc65)ccc4)ccc3c3cnccc32)c1.[Pt]. The Hall–Kier alpha value is -5.71. The summed E-state index contributed by atoms with van der Waals surface area (Å²) < 4.78 is 8.72. The number of nitrogens with zero attached hydrogens (tertiary/aromatic N) is 5. The molecule has 3 aromatic heterocycles. The molecule has 4 heterocycles. The fraction of sp³-hybridized carbons (Fsp3) is 0.163. The molecule has 6 nitrogen and oxygen atoms in total. The molecule has 282 valence electrons. The second-order valence-corrected chi connectivity index (χ2v) is 16.2. The molecule has 8 aromatic rings. The fourth-order valence-corrected chi connectivity index (χ4v) is 7.38. The van der Waals surface area contributed by atoms with E-state index in [1.807, 2.05) is 42.9 Å². The first kappa shape index (κ1) is 37.2. The number of aromatic nitrogens is 3. The smallest absolute Gasteiger partial charge is 0.135 e. The van der Waals surface area contributed by atoms with Gasteiger partial charge in [0.2, 0.25) is 0 Å². The van der Waals surface area contributed by atoms with Gasteiger partial charge in [-0.3, -0.25) is 4.98 Å². The van der Waals surface area contributed by atoms with Crippen molar-refractivity contribution < 1.29 is 25.8 Å². The number of hydrogen-bond acceptors (Lipinski definition) is 5. The number of benzene rings is 5. The van der Waals surface area contributed by atoms with Gasteiger partial charge in [-0.05, 0) is 69.3 Å². The van der Waals surface area contributed by atoms with Crippen molar-refractivity contribution in [2.45, 2.75) is 52.4 Å². The van der Waals surface area contributed by atoms with E-state index in [0.717, 1.165) is 50.4 Å². The molecule has 0 atom stereocenters. The molecule has 0 saturated carbocycles. The largest absolute Gasteiger partial charge is 0.509 e. The summed E-state index contributed by atoms with van der Waals surface area (Å²) in [5, 5.41) is 2.07. The van der Waals surface area contributed by atoms with Gasteiger partial charge >= 0.3 is 0 Å². The van der Waals surface area contributed by atoms with Gasteiger partial charge in [0.1, 0.15) is 5.82 Å². The van der Waals surface area contributed by atoms with E-state index < -0.39 is 0 Å². The van der Waals surface area contributed by atoms with Crippen molar-refractivity contribution >= 4 is 44.6 Å². The Morgan fingerprint density at radius 2 is 1.32 bits per heavy atom. The maximum Gasteiger partial charge on any atom is 0.135 e. The number of ether oxygens (including phenoxy) is 1. The molecular formula is C49H42N5OPt-3. The summed E-state index contributed by atoms with van der Waals surface area (Å²) in [6, 6.07) is 49.4. The predicted octanol–water partition coefficient (Wildman–Crippen LogP) is 12.6. The summed E-state index contributed by atoms with van der Waals surface area (Å²) in [4.78, 5) is 13.7. The van der Waals surface area contributed by atoms with Crippen LogP contribution in [0.3, 0.4) is 0 Å². The van der Waals surface area contributed by atoms with Crippen LogP contribution in [0, 0.1) is 18.8 Å². The van der Waals surface area contributed by atoms with E-state index in [9.17, 15) is 0 Å². The van der Waals surface area contributed by atoms with Crippen LogP contribution in [0.4, 0.5) is 22.7 Å². The van der Waals surface area contributed by atoms with Crippen LogP contribution in [0.25, 0.3) is 38.8 Å². The van der Waals surface area contributed by atoms with Gasteiger partial charge in [0.25, 0.3) is 0 Å². The summed E-state index contributed by atoms with van der Waals surface area (Å²) in [6.07, 6.45) is 5.61. The Kier molecular flexibility index (Phi) is 9.58. The summed E-state index contributed by atoms with van der Waals surface area (Å²) in [7, 11) is 0. The van der Waals surface area contributed by atoms with Gasteiger partial charge in [0.15, 0.2) is 0 Å². The Bertz CT molecular complexity index is 2710. The molecule has 9 rings (SSSR count). The molecule has 0 N–H and O–H groups in total. The minimum Gasteiger partial charge on any atom is -0.509 e. The molecule has 0 amide bonds.